The number of benzene rings is 2. The third kappa shape index (κ3) is 9.10. The Labute approximate surface area is 339 Å². The van der Waals surface area contributed by atoms with Gasteiger partial charge in [0.1, 0.15) is 24.1 Å². The van der Waals surface area contributed by atoms with Gasteiger partial charge >= 0.3 is 18.2 Å². The van der Waals surface area contributed by atoms with E-state index in [9.17, 15) is 24.3 Å². The van der Waals surface area contributed by atoms with E-state index in [4.69, 9.17) is 19.2 Å². The van der Waals surface area contributed by atoms with Crippen molar-refractivity contribution in [1.82, 2.24) is 30.0 Å². The first-order valence-electron chi connectivity index (χ1n) is 19.8. The van der Waals surface area contributed by atoms with E-state index in [1.54, 1.807) is 6.20 Å². The van der Waals surface area contributed by atoms with Crippen molar-refractivity contribution >= 4 is 35.3 Å². The highest BCUT2D eigenvalue weighted by molar-refractivity contribution is 6.01. The van der Waals surface area contributed by atoms with Gasteiger partial charge in [0, 0.05) is 30.8 Å². The maximum Gasteiger partial charge on any atom is 0.410 e. The van der Waals surface area contributed by atoms with Crippen LogP contribution in [0.1, 0.15) is 70.8 Å². The molecule has 3 aromatic rings. The number of nitrogens with zero attached hydrogens (tertiary/aromatic N) is 5. The van der Waals surface area contributed by atoms with Crippen LogP contribution < -0.4 is 5.32 Å². The minimum atomic E-state index is -0.878. The highest BCUT2D eigenvalue weighted by atomic mass is 16.5. The number of carbonyl (C=O) groups is 4. The van der Waals surface area contributed by atoms with E-state index in [-0.39, 0.29) is 55.3 Å². The van der Waals surface area contributed by atoms with E-state index in [0.717, 1.165) is 58.6 Å². The number of nitrogens with one attached hydrogen (secondary N) is 2. The van der Waals surface area contributed by atoms with Crippen LogP contribution in [0.25, 0.3) is 28.0 Å². The molecule has 0 unspecified atom stereocenters. The molecule has 5 atom stereocenters. The summed E-state index contributed by atoms with van der Waals surface area (Å²) in [5, 5.41) is 14.0. The van der Waals surface area contributed by atoms with Crippen molar-refractivity contribution in [2.45, 2.75) is 77.7 Å². The zero-order valence-electron chi connectivity index (χ0n) is 34.3. The number of H-pyrrole nitrogens is 1. The summed E-state index contributed by atoms with van der Waals surface area (Å²) in [4.78, 5) is 68.4. The van der Waals surface area contributed by atoms with Crippen LogP contribution in [0.15, 0.2) is 65.9 Å². The Morgan fingerprint density at radius 2 is 1.53 bits per heavy atom. The summed E-state index contributed by atoms with van der Waals surface area (Å²) < 4.78 is 14.6. The normalized spacial score (nSPS) is 19.8. The van der Waals surface area contributed by atoms with Crippen molar-refractivity contribution in [2.24, 2.45) is 22.7 Å². The fourth-order valence-electron chi connectivity index (χ4n) is 8.11. The van der Waals surface area contributed by atoms with Gasteiger partial charge in [-0.2, -0.15) is 0 Å². The molecule has 15 nitrogen and oxygen atoms in total. The number of aromatic nitrogens is 2. The lowest BCUT2D eigenvalue weighted by Crippen LogP contribution is -2.51. The molecule has 0 radical (unpaired) electrons. The van der Waals surface area contributed by atoms with E-state index in [2.05, 4.69) is 44.5 Å². The predicted molar refractivity (Wildman–Crippen MR) is 218 cm³/mol. The largest absolute Gasteiger partial charge is 0.469 e. The molecular formula is C43H55N7O8. The third-order valence-electron chi connectivity index (χ3n) is 11.5. The molecule has 310 valence electrons. The Bertz CT molecular complexity index is 2010. The van der Waals surface area contributed by atoms with Gasteiger partial charge in [0.05, 0.1) is 58.9 Å². The van der Waals surface area contributed by atoms with Crippen molar-refractivity contribution in [3.05, 3.63) is 72.3 Å². The number of likely N-dealkylation sites (tertiary alicyclic amines) is 1. The van der Waals surface area contributed by atoms with Crippen molar-refractivity contribution < 1.29 is 38.5 Å². The third-order valence-corrected chi connectivity index (χ3v) is 11.5. The minimum absolute atomic E-state index is 0.0214. The first-order chi connectivity index (χ1) is 27.8. The van der Waals surface area contributed by atoms with Crippen LogP contribution in [-0.2, 0) is 23.8 Å². The summed E-state index contributed by atoms with van der Waals surface area (Å²) in [6, 6.07) is 15.1. The average molecular weight is 798 g/mol. The second-order valence-corrected chi connectivity index (χ2v) is 15.8. The van der Waals surface area contributed by atoms with E-state index < -0.39 is 30.5 Å². The molecule has 0 spiro atoms. The minimum Gasteiger partial charge on any atom is -0.469 e. The van der Waals surface area contributed by atoms with Gasteiger partial charge in [-0.1, -0.05) is 76.2 Å². The molecule has 6 rings (SSSR count). The van der Waals surface area contributed by atoms with Crippen molar-refractivity contribution in [2.75, 3.05) is 41.1 Å². The number of methoxy groups -OCH3 is 3. The Hall–Kier alpha value is -5.54. The van der Waals surface area contributed by atoms with Crippen LogP contribution in [0.3, 0.4) is 0 Å². The van der Waals surface area contributed by atoms with Gasteiger partial charge in [-0.05, 0) is 52.5 Å². The van der Waals surface area contributed by atoms with E-state index in [1.165, 1.54) is 31.1 Å². The van der Waals surface area contributed by atoms with Crippen LogP contribution in [0.2, 0.25) is 0 Å². The SMILES string of the molecule is COC(=O)C[C@@H](C(C)C)[C@@H](O)N1CCC[C@H]1C1=NC=C(c2ccc(-c3ccc(-c4cnc([C@@H]5CN(C(=O)OC)CN5C(=O)[C@@H](NC(=O)OC)C(C)C)[nH]4)cc3)cc2)C1. The monoisotopic (exact) mass is 797 g/mol. The molecule has 15 heteroatoms. The highest BCUT2D eigenvalue weighted by Gasteiger charge is 2.43. The summed E-state index contributed by atoms with van der Waals surface area (Å²) in [6.07, 6.45) is 4.34. The number of hydrogen-bond donors (Lipinski definition) is 3. The number of aliphatic hydroxyl groups excluding tert-OH is 1. The molecule has 1 aromatic heterocycles. The smallest absolute Gasteiger partial charge is 0.410 e. The zero-order valence-corrected chi connectivity index (χ0v) is 34.3. The van der Waals surface area contributed by atoms with E-state index in [1.807, 2.05) is 58.2 Å². The van der Waals surface area contributed by atoms with Gasteiger partial charge in [-0.25, -0.2) is 14.6 Å². The van der Waals surface area contributed by atoms with Gasteiger partial charge in [-0.3, -0.25) is 24.4 Å². The number of amides is 3. The Balaban J connectivity index is 1.10. The lowest BCUT2D eigenvalue weighted by molar-refractivity contribution is -0.146. The summed E-state index contributed by atoms with van der Waals surface area (Å²) in [7, 11) is 3.91. The molecule has 2 fully saturated rings. The highest BCUT2D eigenvalue weighted by Crippen LogP contribution is 2.35. The lowest BCUT2D eigenvalue weighted by atomic mass is 9.89. The molecule has 3 N–H and O–H groups in total. The van der Waals surface area contributed by atoms with Gasteiger partial charge in [0.2, 0.25) is 5.91 Å². The second-order valence-electron chi connectivity index (χ2n) is 15.8. The van der Waals surface area contributed by atoms with E-state index >= 15 is 0 Å². The molecule has 2 saturated heterocycles. The molecule has 0 saturated carbocycles. The number of aliphatic imine (C=N–C) groups is 1. The predicted octanol–water partition coefficient (Wildman–Crippen LogP) is 5.84. The standard InChI is InChI=1S/C43H55N7O8/c1-25(2)32(20-37(51)56-5)40(52)49-18-8-9-35(49)33-19-31(21-44-33)29-12-10-27(11-13-29)28-14-16-30(17-15-28)34-22-45-39(46-34)36-23-48(43(55)58-7)24-50(36)41(53)38(26(3)4)47-42(54)57-6/h10-17,21-22,25-26,32,35-36,38,40,52H,8-9,18-20,23-24H2,1-7H3,(H,45,46)(H,47,54)/t32-,35-,36-,38-,40+/m0/s1. The van der Waals surface area contributed by atoms with Crippen LogP contribution in [0, 0.1) is 17.8 Å². The maximum atomic E-state index is 13.8. The number of aromatic amines is 1. The van der Waals surface area contributed by atoms with Crippen LogP contribution in [0.5, 0.6) is 0 Å². The van der Waals surface area contributed by atoms with Gasteiger partial charge < -0.3 is 34.5 Å². The first-order valence-corrected chi connectivity index (χ1v) is 19.8. The van der Waals surface area contributed by atoms with Crippen LogP contribution in [-0.4, -0.2) is 119 Å². The molecule has 3 aliphatic rings. The number of allylic oxidation sites excluding steroid dienone is 1. The quantitative estimate of drug-likeness (QED) is 0.141. The Morgan fingerprint density at radius 1 is 0.879 bits per heavy atom. The summed E-state index contributed by atoms with van der Waals surface area (Å²) in [5.74, 6) is -0.552. The number of hydrogen-bond acceptors (Lipinski definition) is 11. The number of imidazole rings is 1. The fourth-order valence-corrected chi connectivity index (χ4v) is 8.11. The summed E-state index contributed by atoms with van der Waals surface area (Å²) >= 11 is 0. The first kappa shape index (κ1) is 42.1. The number of aliphatic hydroxyl groups is 1. The van der Waals surface area contributed by atoms with Gasteiger partial charge in [0.15, 0.2) is 0 Å². The summed E-state index contributed by atoms with van der Waals surface area (Å²) in [6.45, 7) is 8.58. The van der Waals surface area contributed by atoms with Crippen molar-refractivity contribution in [1.29, 1.82) is 0 Å². The number of rotatable bonds is 13. The molecule has 58 heavy (non-hydrogen) atoms. The Morgan fingerprint density at radius 3 is 2.14 bits per heavy atom. The van der Waals surface area contributed by atoms with Crippen molar-refractivity contribution in [3.8, 4) is 22.4 Å². The molecule has 4 heterocycles. The lowest BCUT2D eigenvalue weighted by Gasteiger charge is -2.36. The zero-order chi connectivity index (χ0) is 41.7. The molecule has 2 aromatic carbocycles. The van der Waals surface area contributed by atoms with Gasteiger partial charge in [-0.15, -0.1) is 0 Å². The number of ether oxygens (including phenoxy) is 3. The van der Waals surface area contributed by atoms with Crippen LogP contribution >= 0.6 is 0 Å². The maximum absolute atomic E-state index is 13.8. The van der Waals surface area contributed by atoms with E-state index in [0.29, 0.717) is 12.2 Å². The van der Waals surface area contributed by atoms with Crippen LogP contribution in [0.4, 0.5) is 9.59 Å². The summed E-state index contributed by atoms with van der Waals surface area (Å²) in [5.41, 5.74) is 6.98. The topological polar surface area (TPSA) is 179 Å². The molecule has 0 aliphatic carbocycles. The fraction of sp³-hybridized carbons (Fsp3) is 0.488. The van der Waals surface area contributed by atoms with Crippen molar-refractivity contribution in [3.63, 3.8) is 0 Å². The number of carbonyl (C=O) groups excluding carboxylic acids is 4. The number of esters is 1. The molecule has 0 bridgehead atoms. The molecule has 3 aliphatic heterocycles. The number of alkyl carbamates (subject to hydrolysis) is 1. The second kappa shape index (κ2) is 18.4. The Kier molecular flexibility index (Phi) is 13.3. The average Bonchev–Trinajstić information content (AvgIpc) is 4.07. The van der Waals surface area contributed by atoms with Gasteiger partial charge in [0.25, 0.3) is 0 Å². The molecular weight excluding hydrogens is 743 g/mol. The molecule has 3 amide bonds.